The monoisotopic (exact) mass is 235 g/mol. The van der Waals surface area contributed by atoms with Crippen LogP contribution in [-0.4, -0.2) is 15.8 Å². The van der Waals surface area contributed by atoms with Gasteiger partial charge in [-0.1, -0.05) is 32.6 Å². The van der Waals surface area contributed by atoms with Crippen LogP contribution < -0.4 is 5.32 Å². The number of aryl methyl sites for hydroxylation is 1. The molecule has 0 radical (unpaired) electrons. The number of hydrogen-bond donors (Lipinski definition) is 1. The summed E-state index contributed by atoms with van der Waals surface area (Å²) in [5, 5.41) is 7.96. The van der Waals surface area contributed by atoms with Crippen LogP contribution in [0.1, 0.15) is 57.6 Å². The normalized spacial score (nSPS) is 15.4. The molecule has 0 saturated heterocycles. The molecule has 17 heavy (non-hydrogen) atoms. The summed E-state index contributed by atoms with van der Waals surface area (Å²) < 4.78 is 2.17. The number of nitrogens with one attached hydrogen (secondary N) is 1. The SMILES string of the molecule is CCCCCCCn1nccc1CNC1CC1. The molecule has 1 saturated carbocycles. The molecule has 1 aromatic heterocycles. The van der Waals surface area contributed by atoms with Crippen LogP contribution in [0.2, 0.25) is 0 Å². The molecule has 1 fully saturated rings. The van der Waals surface area contributed by atoms with E-state index in [9.17, 15) is 0 Å². The van der Waals surface area contributed by atoms with Crippen LogP contribution in [0.4, 0.5) is 0 Å². The van der Waals surface area contributed by atoms with Crippen LogP contribution in [0, 0.1) is 0 Å². The highest BCUT2D eigenvalue weighted by Gasteiger charge is 2.20. The van der Waals surface area contributed by atoms with E-state index in [0.717, 1.165) is 19.1 Å². The standard InChI is InChI=1S/C14H25N3/c1-2-3-4-5-6-11-17-14(9-10-16-17)12-15-13-7-8-13/h9-10,13,15H,2-8,11-12H2,1H3. The Labute approximate surface area is 105 Å². The first-order valence-corrected chi connectivity index (χ1v) is 7.14. The van der Waals surface area contributed by atoms with Gasteiger partial charge < -0.3 is 5.32 Å². The van der Waals surface area contributed by atoms with Crippen molar-refractivity contribution in [2.75, 3.05) is 0 Å². The largest absolute Gasteiger partial charge is 0.308 e. The Morgan fingerprint density at radius 2 is 2.12 bits per heavy atom. The van der Waals surface area contributed by atoms with Crippen molar-refractivity contribution in [3.63, 3.8) is 0 Å². The van der Waals surface area contributed by atoms with Gasteiger partial charge in [0.15, 0.2) is 0 Å². The molecule has 1 aromatic rings. The molecule has 0 atom stereocenters. The highest BCUT2D eigenvalue weighted by atomic mass is 15.3. The maximum atomic E-state index is 4.41. The molecule has 3 heteroatoms. The lowest BCUT2D eigenvalue weighted by Crippen LogP contribution is -2.18. The Balaban J connectivity index is 1.66. The van der Waals surface area contributed by atoms with Crippen molar-refractivity contribution in [1.82, 2.24) is 15.1 Å². The van der Waals surface area contributed by atoms with Gasteiger partial charge in [0.1, 0.15) is 0 Å². The van der Waals surface area contributed by atoms with Gasteiger partial charge in [-0.05, 0) is 25.3 Å². The lowest BCUT2D eigenvalue weighted by molar-refractivity contribution is 0.506. The number of hydrogen-bond acceptors (Lipinski definition) is 2. The maximum absolute atomic E-state index is 4.41. The first-order chi connectivity index (χ1) is 8.40. The zero-order chi connectivity index (χ0) is 11.9. The van der Waals surface area contributed by atoms with Gasteiger partial charge in [-0.2, -0.15) is 5.10 Å². The zero-order valence-electron chi connectivity index (χ0n) is 11.0. The average molecular weight is 235 g/mol. The quantitative estimate of drug-likeness (QED) is 0.667. The molecule has 1 N–H and O–H groups in total. The number of rotatable bonds is 9. The van der Waals surface area contributed by atoms with Crippen molar-refractivity contribution < 1.29 is 0 Å². The van der Waals surface area contributed by atoms with Crippen LogP contribution in [0.25, 0.3) is 0 Å². The van der Waals surface area contributed by atoms with Gasteiger partial charge in [-0.15, -0.1) is 0 Å². The molecule has 2 rings (SSSR count). The third-order valence-electron chi connectivity index (χ3n) is 3.43. The van der Waals surface area contributed by atoms with Crippen molar-refractivity contribution in [2.45, 2.75) is 71.0 Å². The van der Waals surface area contributed by atoms with E-state index < -0.39 is 0 Å². The third-order valence-corrected chi connectivity index (χ3v) is 3.43. The fraction of sp³-hybridized carbons (Fsp3) is 0.786. The topological polar surface area (TPSA) is 29.9 Å². The average Bonchev–Trinajstić information content (AvgIpc) is 3.06. The van der Waals surface area contributed by atoms with Gasteiger partial charge in [-0.25, -0.2) is 0 Å². The summed E-state index contributed by atoms with van der Waals surface area (Å²) in [7, 11) is 0. The van der Waals surface area contributed by atoms with Gasteiger partial charge in [0.05, 0.1) is 5.69 Å². The van der Waals surface area contributed by atoms with Crippen LogP contribution in [0.3, 0.4) is 0 Å². The summed E-state index contributed by atoms with van der Waals surface area (Å²) in [6.45, 7) is 4.33. The fourth-order valence-corrected chi connectivity index (χ4v) is 2.11. The van der Waals surface area contributed by atoms with Crippen molar-refractivity contribution in [2.24, 2.45) is 0 Å². The number of unbranched alkanes of at least 4 members (excludes halogenated alkanes) is 4. The summed E-state index contributed by atoms with van der Waals surface area (Å²) in [6, 6.07) is 2.92. The smallest absolute Gasteiger partial charge is 0.0522 e. The first-order valence-electron chi connectivity index (χ1n) is 7.14. The predicted octanol–water partition coefficient (Wildman–Crippen LogP) is 3.11. The van der Waals surface area contributed by atoms with Gasteiger partial charge in [-0.3, -0.25) is 4.68 Å². The molecule has 96 valence electrons. The summed E-state index contributed by atoms with van der Waals surface area (Å²) in [5.74, 6) is 0. The minimum absolute atomic E-state index is 0.780. The molecule has 0 spiro atoms. The Kier molecular flexibility index (Phi) is 5.05. The molecule has 0 amide bonds. The zero-order valence-corrected chi connectivity index (χ0v) is 11.0. The van der Waals surface area contributed by atoms with Gasteiger partial charge in [0, 0.05) is 25.3 Å². The van der Waals surface area contributed by atoms with Crippen LogP contribution >= 0.6 is 0 Å². The van der Waals surface area contributed by atoms with E-state index in [-0.39, 0.29) is 0 Å². The highest BCUT2D eigenvalue weighted by Crippen LogP contribution is 2.19. The summed E-state index contributed by atoms with van der Waals surface area (Å²) in [6.07, 6.45) is 11.3. The lowest BCUT2D eigenvalue weighted by Gasteiger charge is -2.08. The summed E-state index contributed by atoms with van der Waals surface area (Å²) in [4.78, 5) is 0. The maximum Gasteiger partial charge on any atom is 0.0522 e. The van der Waals surface area contributed by atoms with E-state index in [1.807, 2.05) is 6.20 Å². The first kappa shape index (κ1) is 12.6. The molecule has 1 aliphatic rings. The van der Waals surface area contributed by atoms with Crippen molar-refractivity contribution in [1.29, 1.82) is 0 Å². The Morgan fingerprint density at radius 3 is 2.88 bits per heavy atom. The second kappa shape index (κ2) is 6.80. The highest BCUT2D eigenvalue weighted by molar-refractivity contribution is 5.01. The van der Waals surface area contributed by atoms with Crippen molar-refractivity contribution in [3.05, 3.63) is 18.0 Å². The van der Waals surface area contributed by atoms with E-state index in [1.54, 1.807) is 0 Å². The van der Waals surface area contributed by atoms with Crippen LogP contribution in [0.5, 0.6) is 0 Å². The van der Waals surface area contributed by atoms with Gasteiger partial charge >= 0.3 is 0 Å². The second-order valence-corrected chi connectivity index (χ2v) is 5.12. The predicted molar refractivity (Wildman–Crippen MR) is 70.8 cm³/mol. The molecular formula is C14H25N3. The number of nitrogens with zero attached hydrogens (tertiary/aromatic N) is 2. The molecule has 3 nitrogen and oxygen atoms in total. The van der Waals surface area contributed by atoms with E-state index in [4.69, 9.17) is 0 Å². The molecule has 0 bridgehead atoms. The van der Waals surface area contributed by atoms with E-state index in [2.05, 4.69) is 28.1 Å². The van der Waals surface area contributed by atoms with Crippen LogP contribution in [-0.2, 0) is 13.1 Å². The molecule has 0 aromatic carbocycles. The minimum Gasteiger partial charge on any atom is -0.308 e. The second-order valence-electron chi connectivity index (χ2n) is 5.12. The van der Waals surface area contributed by atoms with Gasteiger partial charge in [0.25, 0.3) is 0 Å². The van der Waals surface area contributed by atoms with Gasteiger partial charge in [0.2, 0.25) is 0 Å². The summed E-state index contributed by atoms with van der Waals surface area (Å²) >= 11 is 0. The van der Waals surface area contributed by atoms with Crippen LogP contribution in [0.15, 0.2) is 12.3 Å². The minimum atomic E-state index is 0.780. The van der Waals surface area contributed by atoms with Crippen molar-refractivity contribution >= 4 is 0 Å². The Hall–Kier alpha value is -0.830. The molecule has 0 aliphatic heterocycles. The molecule has 1 heterocycles. The third kappa shape index (κ3) is 4.50. The van der Waals surface area contributed by atoms with E-state index in [0.29, 0.717) is 0 Å². The molecule has 1 aliphatic carbocycles. The Bertz CT molecular complexity index is 315. The molecular weight excluding hydrogens is 210 g/mol. The van der Waals surface area contributed by atoms with E-state index >= 15 is 0 Å². The Morgan fingerprint density at radius 1 is 1.29 bits per heavy atom. The van der Waals surface area contributed by atoms with Crippen molar-refractivity contribution in [3.8, 4) is 0 Å². The lowest BCUT2D eigenvalue weighted by atomic mass is 10.1. The molecule has 0 unspecified atom stereocenters. The van der Waals surface area contributed by atoms with E-state index in [1.165, 1.54) is 50.6 Å². The number of aromatic nitrogens is 2. The fourth-order valence-electron chi connectivity index (χ4n) is 2.11. The summed E-state index contributed by atoms with van der Waals surface area (Å²) in [5.41, 5.74) is 1.34.